The topological polar surface area (TPSA) is 140 Å². The highest BCUT2D eigenvalue weighted by Crippen LogP contribution is 2.44. The lowest BCUT2D eigenvalue weighted by Crippen LogP contribution is -2.29. The molecule has 2 aromatic rings. The van der Waals surface area contributed by atoms with Crippen molar-refractivity contribution in [3.8, 4) is 11.1 Å². The van der Waals surface area contributed by atoms with Gasteiger partial charge in [-0.3, -0.25) is 0 Å². The van der Waals surface area contributed by atoms with Crippen molar-refractivity contribution in [2.24, 2.45) is 0 Å². The molecule has 1 aliphatic rings. The van der Waals surface area contributed by atoms with Crippen LogP contribution in [0.25, 0.3) is 11.1 Å². The lowest BCUT2D eigenvalue weighted by atomic mass is 9.98. The number of rotatable bonds is 37. The molecule has 2 aromatic carbocycles. The van der Waals surface area contributed by atoms with Crippen LogP contribution in [0.4, 0.5) is 9.18 Å². The van der Waals surface area contributed by atoms with Crippen LogP contribution in [-0.2, 0) is 56.8 Å². The van der Waals surface area contributed by atoms with E-state index < -0.39 is 12.8 Å². The lowest BCUT2D eigenvalue weighted by molar-refractivity contribution is -0.0275. The average Bonchev–Trinajstić information content (AvgIpc) is 3.52. The second-order valence-electron chi connectivity index (χ2n) is 11.7. The van der Waals surface area contributed by atoms with Crippen molar-refractivity contribution in [2.75, 3.05) is 165 Å². The number of carbonyl (C=O) groups is 1. The number of fused-ring (bicyclic) bond motifs is 3. The molecule has 0 radical (unpaired) electrons. The Balaban J connectivity index is 0.947. The van der Waals surface area contributed by atoms with E-state index in [-0.39, 0.29) is 19.1 Å². The first-order chi connectivity index (χ1) is 26.8. The molecule has 1 amide bonds. The molecule has 3 rings (SSSR count). The summed E-state index contributed by atoms with van der Waals surface area (Å²) in [4.78, 5) is 12.2. The first-order valence-corrected chi connectivity index (χ1v) is 18.8. The molecule has 0 spiro atoms. The van der Waals surface area contributed by atoms with E-state index in [1.54, 1.807) is 0 Å². The van der Waals surface area contributed by atoms with Crippen molar-refractivity contribution >= 4 is 6.09 Å². The molecule has 0 heterocycles. The number of halogens is 1. The summed E-state index contributed by atoms with van der Waals surface area (Å²) in [5, 5.41) is 2.74. The maximum atomic E-state index is 12.2. The summed E-state index contributed by atoms with van der Waals surface area (Å²) in [6, 6.07) is 16.5. The standard InChI is InChI=1S/C39H60FNO13/c40-9-11-43-13-15-45-17-19-47-21-23-49-25-27-51-29-31-53-32-30-52-28-26-50-24-22-48-20-18-46-16-14-44-12-10-41-39(42)54-33-38-36-7-3-1-5-34(36)35-6-2-4-8-37(35)38/h1-8,38H,9-33H2,(H,41,42). The van der Waals surface area contributed by atoms with Gasteiger partial charge in [0, 0.05) is 12.5 Å². The van der Waals surface area contributed by atoms with Gasteiger partial charge in [-0.15, -0.1) is 0 Å². The summed E-state index contributed by atoms with van der Waals surface area (Å²) in [6.07, 6.45) is -0.456. The minimum Gasteiger partial charge on any atom is -0.449 e. The van der Waals surface area contributed by atoms with Gasteiger partial charge >= 0.3 is 6.09 Å². The number of carbonyl (C=O) groups excluding carboxylic acids is 1. The van der Waals surface area contributed by atoms with Gasteiger partial charge in [0.05, 0.1) is 145 Å². The summed E-state index contributed by atoms with van der Waals surface area (Å²) in [5.41, 5.74) is 4.76. The minimum absolute atomic E-state index is 0.0338. The minimum atomic E-state index is -0.480. The third kappa shape index (κ3) is 21.3. The van der Waals surface area contributed by atoms with E-state index in [2.05, 4.69) is 29.6 Å². The predicted molar refractivity (Wildman–Crippen MR) is 198 cm³/mol. The van der Waals surface area contributed by atoms with Gasteiger partial charge in [0.1, 0.15) is 13.3 Å². The monoisotopic (exact) mass is 769 g/mol. The number of alkyl carbamates (subject to hydrolysis) is 1. The van der Waals surface area contributed by atoms with Crippen LogP contribution in [0.2, 0.25) is 0 Å². The van der Waals surface area contributed by atoms with Gasteiger partial charge in [0.15, 0.2) is 0 Å². The number of alkyl halides is 1. The zero-order chi connectivity index (χ0) is 38.0. The molecule has 0 fully saturated rings. The molecule has 0 unspecified atom stereocenters. The van der Waals surface area contributed by atoms with Crippen LogP contribution >= 0.6 is 0 Å². The smallest absolute Gasteiger partial charge is 0.407 e. The zero-order valence-electron chi connectivity index (χ0n) is 31.6. The van der Waals surface area contributed by atoms with Crippen molar-refractivity contribution in [3.05, 3.63) is 59.7 Å². The van der Waals surface area contributed by atoms with Crippen molar-refractivity contribution in [1.82, 2.24) is 5.32 Å². The van der Waals surface area contributed by atoms with Crippen molar-refractivity contribution < 1.29 is 66.0 Å². The van der Waals surface area contributed by atoms with E-state index in [4.69, 9.17) is 56.8 Å². The SMILES string of the molecule is O=C(NCCOCCOCCOCCOCCOCCOCCOCCOCCOCCOCCOCCF)OCC1c2ccccc2-c2ccccc21. The van der Waals surface area contributed by atoms with Gasteiger partial charge in [0.25, 0.3) is 0 Å². The van der Waals surface area contributed by atoms with Gasteiger partial charge in [-0.1, -0.05) is 48.5 Å². The molecule has 1 aliphatic carbocycles. The second-order valence-corrected chi connectivity index (χ2v) is 11.7. The van der Waals surface area contributed by atoms with Crippen LogP contribution in [0.3, 0.4) is 0 Å². The first-order valence-electron chi connectivity index (χ1n) is 18.8. The number of hydrogen-bond acceptors (Lipinski definition) is 13. The number of ether oxygens (including phenoxy) is 12. The largest absolute Gasteiger partial charge is 0.449 e. The molecule has 54 heavy (non-hydrogen) atoms. The molecule has 0 aromatic heterocycles. The quantitative estimate of drug-likeness (QED) is 0.100. The zero-order valence-corrected chi connectivity index (χ0v) is 31.6. The van der Waals surface area contributed by atoms with E-state index in [1.165, 1.54) is 22.3 Å². The fraction of sp³-hybridized carbons (Fsp3) is 0.667. The molecule has 14 nitrogen and oxygen atoms in total. The molecule has 0 saturated carbocycles. The van der Waals surface area contributed by atoms with E-state index >= 15 is 0 Å². The maximum Gasteiger partial charge on any atom is 0.407 e. The summed E-state index contributed by atoms with van der Waals surface area (Å²) >= 11 is 0. The summed E-state index contributed by atoms with van der Waals surface area (Å²) in [5.74, 6) is 0.0338. The maximum absolute atomic E-state index is 12.2. The fourth-order valence-electron chi connectivity index (χ4n) is 5.23. The van der Waals surface area contributed by atoms with Gasteiger partial charge < -0.3 is 62.2 Å². The van der Waals surface area contributed by atoms with Crippen LogP contribution in [0, 0.1) is 0 Å². The third-order valence-corrected chi connectivity index (χ3v) is 7.80. The lowest BCUT2D eigenvalue weighted by Gasteiger charge is -2.14. The van der Waals surface area contributed by atoms with Crippen LogP contribution in [0.1, 0.15) is 17.0 Å². The molecule has 0 aliphatic heterocycles. The number of amides is 1. The molecule has 306 valence electrons. The molecule has 1 N–H and O–H groups in total. The van der Waals surface area contributed by atoms with Gasteiger partial charge in [0.2, 0.25) is 0 Å². The highest BCUT2D eigenvalue weighted by atomic mass is 19.1. The van der Waals surface area contributed by atoms with Crippen LogP contribution < -0.4 is 5.32 Å². The normalized spacial score (nSPS) is 12.2. The summed E-state index contributed by atoms with van der Waals surface area (Å²) in [6.45, 7) is 9.94. The number of nitrogens with one attached hydrogen (secondary N) is 1. The molecule has 0 atom stereocenters. The van der Waals surface area contributed by atoms with E-state index in [0.29, 0.717) is 145 Å². The van der Waals surface area contributed by atoms with Crippen LogP contribution in [0.5, 0.6) is 0 Å². The molecule has 0 bridgehead atoms. The number of benzene rings is 2. The molecular weight excluding hydrogens is 709 g/mol. The molecule has 15 heteroatoms. The fourth-order valence-corrected chi connectivity index (χ4v) is 5.23. The highest BCUT2D eigenvalue weighted by Gasteiger charge is 2.28. The predicted octanol–water partition coefficient (Wildman–Crippen LogP) is 3.68. The van der Waals surface area contributed by atoms with E-state index in [1.807, 2.05) is 24.3 Å². The molecular formula is C39H60FNO13. The Morgan fingerprint density at radius 1 is 0.444 bits per heavy atom. The Kier molecular flexibility index (Phi) is 27.4. The summed E-state index contributed by atoms with van der Waals surface area (Å²) in [7, 11) is 0. The van der Waals surface area contributed by atoms with E-state index in [0.717, 1.165) is 0 Å². The Labute approximate surface area is 319 Å². The Hall–Kier alpha value is -2.80. The highest BCUT2D eigenvalue weighted by molar-refractivity contribution is 5.79. The van der Waals surface area contributed by atoms with Crippen molar-refractivity contribution in [3.63, 3.8) is 0 Å². The van der Waals surface area contributed by atoms with Gasteiger partial charge in [-0.25, -0.2) is 9.18 Å². The van der Waals surface area contributed by atoms with Crippen LogP contribution in [-0.4, -0.2) is 171 Å². The average molecular weight is 770 g/mol. The third-order valence-electron chi connectivity index (χ3n) is 7.80. The van der Waals surface area contributed by atoms with Crippen molar-refractivity contribution in [1.29, 1.82) is 0 Å². The van der Waals surface area contributed by atoms with Gasteiger partial charge in [-0.05, 0) is 22.3 Å². The van der Waals surface area contributed by atoms with E-state index in [9.17, 15) is 9.18 Å². The Morgan fingerprint density at radius 3 is 1.07 bits per heavy atom. The molecule has 0 saturated heterocycles. The Bertz CT molecular complexity index is 1150. The van der Waals surface area contributed by atoms with Crippen molar-refractivity contribution in [2.45, 2.75) is 5.92 Å². The summed E-state index contributed by atoms with van der Waals surface area (Å²) < 4.78 is 76.9. The number of hydrogen-bond donors (Lipinski definition) is 1. The second kappa shape index (κ2) is 32.4. The van der Waals surface area contributed by atoms with Gasteiger partial charge in [-0.2, -0.15) is 0 Å². The first kappa shape index (κ1) is 45.6. The van der Waals surface area contributed by atoms with Crippen LogP contribution in [0.15, 0.2) is 48.5 Å². The Morgan fingerprint density at radius 2 is 0.741 bits per heavy atom.